The first-order valence-corrected chi connectivity index (χ1v) is 17.7. The number of nitrogens with two attached hydrogens (primary N) is 1. The molecule has 1 amide bonds. The number of methoxy groups -OCH3 is 1. The molecule has 4 aromatic carbocycles. The van der Waals surface area contributed by atoms with Crippen molar-refractivity contribution in [3.05, 3.63) is 119 Å². The summed E-state index contributed by atoms with van der Waals surface area (Å²) in [4.78, 5) is 48.6. The van der Waals surface area contributed by atoms with E-state index in [1.165, 1.54) is 19.1 Å². The molecule has 4 atom stereocenters. The van der Waals surface area contributed by atoms with E-state index in [0.29, 0.717) is 30.0 Å². The van der Waals surface area contributed by atoms with Crippen LogP contribution in [0.2, 0.25) is 0 Å². The lowest BCUT2D eigenvalue weighted by molar-refractivity contribution is -0.142. The van der Waals surface area contributed by atoms with E-state index in [1.807, 2.05) is 56.3 Å². The Balaban J connectivity index is 1.47. The van der Waals surface area contributed by atoms with Crippen LogP contribution >= 0.6 is 0 Å². The van der Waals surface area contributed by atoms with Gasteiger partial charge in [-0.15, -0.1) is 0 Å². The predicted octanol–water partition coefficient (Wildman–Crippen LogP) is 5.81. The van der Waals surface area contributed by atoms with Gasteiger partial charge in [0.15, 0.2) is 18.9 Å². The number of nitrogens with zero attached hydrogens (tertiary/aromatic N) is 2. The maximum absolute atomic E-state index is 15.3. The summed E-state index contributed by atoms with van der Waals surface area (Å²) in [5.74, 6) is -1.63. The molecule has 0 radical (unpaired) electrons. The molecule has 1 aliphatic carbocycles. The molecule has 7 rings (SSSR count). The van der Waals surface area contributed by atoms with Gasteiger partial charge in [0, 0.05) is 38.4 Å². The van der Waals surface area contributed by atoms with Crippen molar-refractivity contribution in [1.29, 1.82) is 0 Å². The minimum absolute atomic E-state index is 0.117. The number of carbonyl (C=O) groups excluding carboxylic acids is 3. The molecule has 53 heavy (non-hydrogen) atoms. The van der Waals surface area contributed by atoms with Gasteiger partial charge < -0.3 is 34.3 Å². The van der Waals surface area contributed by atoms with Crippen molar-refractivity contribution >= 4 is 23.5 Å². The van der Waals surface area contributed by atoms with Crippen molar-refractivity contribution in [2.45, 2.75) is 50.6 Å². The van der Waals surface area contributed by atoms with Gasteiger partial charge in [-0.1, -0.05) is 78.9 Å². The zero-order valence-electron chi connectivity index (χ0n) is 30.2. The predicted molar refractivity (Wildman–Crippen MR) is 195 cm³/mol. The van der Waals surface area contributed by atoms with Gasteiger partial charge in [-0.2, -0.15) is 0 Å². The number of hydrogen-bond donors (Lipinski definition) is 1. The number of rotatable bonds is 13. The van der Waals surface area contributed by atoms with E-state index >= 15 is 4.79 Å². The van der Waals surface area contributed by atoms with E-state index in [9.17, 15) is 9.59 Å². The molecular formula is C41H43N3O9. The van der Waals surface area contributed by atoms with Crippen LogP contribution in [0, 0.1) is 0 Å². The van der Waals surface area contributed by atoms with Crippen molar-refractivity contribution in [2.24, 2.45) is 5.73 Å². The molecule has 0 spiro atoms. The number of amides is 1. The molecular weight excluding hydrogens is 678 g/mol. The number of ketones is 1. The van der Waals surface area contributed by atoms with Gasteiger partial charge in [-0.3, -0.25) is 14.5 Å². The van der Waals surface area contributed by atoms with E-state index in [-0.39, 0.29) is 31.5 Å². The summed E-state index contributed by atoms with van der Waals surface area (Å²) in [5.41, 5.74) is 11.0. The van der Waals surface area contributed by atoms with Crippen LogP contribution in [-0.4, -0.2) is 75.1 Å². The maximum Gasteiger partial charge on any atom is 0.404 e. The zero-order valence-corrected chi connectivity index (χ0v) is 30.2. The number of hydroxylamine groups is 1. The second-order valence-electron chi connectivity index (χ2n) is 13.1. The summed E-state index contributed by atoms with van der Waals surface area (Å²) in [6.45, 7) is 5.29. The van der Waals surface area contributed by atoms with E-state index in [4.69, 9.17) is 34.3 Å². The van der Waals surface area contributed by atoms with Crippen LogP contribution in [0.4, 0.5) is 10.5 Å². The monoisotopic (exact) mass is 721 g/mol. The third-order valence-electron chi connectivity index (χ3n) is 10.1. The standard InChI is InChI=1S/C41H43N3O9/c1-5-49-39(50-6-2)26-20-33-36(35(21-26)52-24-48-4)30(23-51-40(42)47)38(46)37-34(22-43(33)53-25(3)45)44(37)41(27-14-8-7-9-15-27)31-18-12-10-16-28(31)29-17-11-13-19-32(29)41/h7-21,30,34,37,39H,5-6,22-24H2,1-4H3,(H2,42,47)/t30-,34-,37-,44?/m0/s1. The smallest absolute Gasteiger partial charge is 0.404 e. The third-order valence-corrected chi connectivity index (χ3v) is 10.1. The van der Waals surface area contributed by atoms with Crippen LogP contribution in [0.25, 0.3) is 11.1 Å². The number of carbonyl (C=O) groups is 3. The number of primary amides is 1. The Morgan fingerprint density at radius 2 is 1.53 bits per heavy atom. The Morgan fingerprint density at radius 3 is 2.11 bits per heavy atom. The van der Waals surface area contributed by atoms with Crippen molar-refractivity contribution in [3.63, 3.8) is 0 Å². The number of hydrogen-bond acceptors (Lipinski definition) is 11. The number of benzene rings is 4. The minimum Gasteiger partial charge on any atom is -0.467 e. The summed E-state index contributed by atoms with van der Waals surface area (Å²) in [6, 6.07) is 28.9. The zero-order chi connectivity index (χ0) is 37.3. The first kappa shape index (κ1) is 36.1. The van der Waals surface area contributed by atoms with Gasteiger partial charge in [-0.05, 0) is 53.8 Å². The van der Waals surface area contributed by atoms with E-state index in [0.717, 1.165) is 27.8 Å². The molecule has 3 aliphatic rings. The molecule has 2 aliphatic heterocycles. The quantitative estimate of drug-likeness (QED) is 0.132. The van der Waals surface area contributed by atoms with Crippen LogP contribution in [0.15, 0.2) is 91.0 Å². The van der Waals surface area contributed by atoms with Crippen LogP contribution in [-0.2, 0) is 38.9 Å². The summed E-state index contributed by atoms with van der Waals surface area (Å²) >= 11 is 0. The lowest BCUT2D eigenvalue weighted by Gasteiger charge is -2.36. The van der Waals surface area contributed by atoms with Crippen molar-refractivity contribution < 1.29 is 42.9 Å². The highest BCUT2D eigenvalue weighted by Gasteiger charge is 2.67. The number of ether oxygens (including phenoxy) is 5. The topological polar surface area (TPSA) is 139 Å². The Hall–Kier alpha value is -5.27. The lowest BCUT2D eigenvalue weighted by Crippen LogP contribution is -2.40. The van der Waals surface area contributed by atoms with Gasteiger partial charge in [0.2, 0.25) is 0 Å². The molecule has 12 nitrogen and oxygen atoms in total. The van der Waals surface area contributed by atoms with Crippen LogP contribution in [0.3, 0.4) is 0 Å². The molecule has 0 saturated carbocycles. The molecule has 1 fully saturated rings. The van der Waals surface area contributed by atoms with Gasteiger partial charge in [0.1, 0.15) is 12.4 Å². The highest BCUT2D eigenvalue weighted by Crippen LogP contribution is 2.61. The Morgan fingerprint density at radius 1 is 0.906 bits per heavy atom. The molecule has 1 unspecified atom stereocenters. The van der Waals surface area contributed by atoms with E-state index in [1.54, 1.807) is 12.1 Å². The van der Waals surface area contributed by atoms with Crippen LogP contribution < -0.4 is 15.5 Å². The normalized spacial score (nSPS) is 20.7. The number of Topliss-reactive ketones (excluding diaryl/α,β-unsaturated/α-hetero) is 1. The average molecular weight is 722 g/mol. The molecule has 0 aromatic heterocycles. The lowest BCUT2D eigenvalue weighted by atomic mass is 9.80. The highest BCUT2D eigenvalue weighted by atomic mass is 16.7. The molecule has 0 bridgehead atoms. The molecule has 1 saturated heterocycles. The van der Waals surface area contributed by atoms with Crippen LogP contribution in [0.1, 0.15) is 60.8 Å². The fourth-order valence-electron chi connectivity index (χ4n) is 8.18. The van der Waals surface area contributed by atoms with Crippen molar-refractivity contribution in [2.75, 3.05) is 45.3 Å². The van der Waals surface area contributed by atoms with Crippen LogP contribution in [0.5, 0.6) is 5.75 Å². The Bertz CT molecular complexity index is 1950. The first-order valence-electron chi connectivity index (χ1n) is 17.7. The van der Waals surface area contributed by atoms with E-state index < -0.39 is 41.9 Å². The molecule has 2 N–H and O–H groups in total. The SMILES string of the molecule is CCOC(OCC)c1cc(OCOC)c2c(c1)N(OC(C)=O)C[C@H]1[C@@H](C(=O)[C@H]2COC(N)=O)N1C1(c2ccccc2)c2ccccc2-c2ccccc21. The second-order valence-corrected chi connectivity index (χ2v) is 13.1. The summed E-state index contributed by atoms with van der Waals surface area (Å²) in [7, 11) is 1.48. The Labute approximate surface area is 308 Å². The molecule has 12 heteroatoms. The van der Waals surface area contributed by atoms with Gasteiger partial charge in [0.25, 0.3) is 0 Å². The highest BCUT2D eigenvalue weighted by molar-refractivity contribution is 5.98. The maximum atomic E-state index is 15.3. The first-order chi connectivity index (χ1) is 25.8. The largest absolute Gasteiger partial charge is 0.467 e. The molecule has 276 valence electrons. The minimum atomic E-state index is -1.09. The fraction of sp³-hybridized carbons (Fsp3) is 0.341. The number of anilines is 1. The fourth-order valence-corrected chi connectivity index (χ4v) is 8.18. The second kappa shape index (κ2) is 15.0. The summed E-state index contributed by atoms with van der Waals surface area (Å²) in [5, 5.41) is 1.50. The molecule has 2 heterocycles. The third kappa shape index (κ3) is 6.31. The summed E-state index contributed by atoms with van der Waals surface area (Å²) < 4.78 is 28.8. The average Bonchev–Trinajstić information content (AvgIpc) is 3.78. The molecule has 4 aromatic rings. The van der Waals surface area contributed by atoms with Gasteiger partial charge in [0.05, 0.1) is 35.8 Å². The van der Waals surface area contributed by atoms with E-state index in [2.05, 4.69) is 41.3 Å². The van der Waals surface area contributed by atoms with Gasteiger partial charge >= 0.3 is 12.1 Å². The Kier molecular flexibility index (Phi) is 10.2. The van der Waals surface area contributed by atoms with Gasteiger partial charge in [-0.25, -0.2) is 9.86 Å². The summed E-state index contributed by atoms with van der Waals surface area (Å²) in [6.07, 6.45) is -1.84. The van der Waals surface area contributed by atoms with Crippen molar-refractivity contribution in [1.82, 2.24) is 4.90 Å². The number of fused-ring (bicyclic) bond motifs is 5. The van der Waals surface area contributed by atoms with Crippen molar-refractivity contribution in [3.8, 4) is 16.9 Å².